The van der Waals surface area contributed by atoms with Gasteiger partial charge in [0.2, 0.25) is 0 Å². The zero-order valence-electron chi connectivity index (χ0n) is 19.0. The topological polar surface area (TPSA) is 81.3 Å². The van der Waals surface area contributed by atoms with E-state index in [0.717, 1.165) is 11.1 Å². The predicted molar refractivity (Wildman–Crippen MR) is 140 cm³/mol. The molecule has 0 amide bonds. The molecule has 0 aliphatic rings. The van der Waals surface area contributed by atoms with Gasteiger partial charge in [-0.1, -0.05) is 84.4 Å². The van der Waals surface area contributed by atoms with Gasteiger partial charge in [0.15, 0.2) is 0 Å². The molecule has 178 valence electrons. The van der Waals surface area contributed by atoms with E-state index in [2.05, 4.69) is 0 Å². The van der Waals surface area contributed by atoms with Crippen molar-refractivity contribution >= 4 is 28.5 Å². The Labute approximate surface area is 211 Å². The molecule has 7 heteroatoms. The van der Waals surface area contributed by atoms with Crippen molar-refractivity contribution in [3.05, 3.63) is 151 Å². The molecule has 0 unspecified atom stereocenters. The average molecular weight is 497 g/mol. The van der Waals surface area contributed by atoms with E-state index in [1.54, 1.807) is 34.9 Å². The smallest absolute Gasteiger partial charge is 0.335 e. The zero-order valence-corrected chi connectivity index (χ0v) is 19.8. The number of hydrogen-bond donors (Lipinski definition) is 1. The first-order chi connectivity index (χ1) is 17.4. The second kappa shape index (κ2) is 9.68. The second-order valence-electron chi connectivity index (χ2n) is 8.43. The molecule has 0 saturated heterocycles. The first-order valence-corrected chi connectivity index (χ1v) is 11.7. The molecule has 36 heavy (non-hydrogen) atoms. The van der Waals surface area contributed by atoms with Crippen molar-refractivity contribution in [2.75, 3.05) is 0 Å². The summed E-state index contributed by atoms with van der Waals surface area (Å²) in [6.07, 6.45) is 0. The van der Waals surface area contributed by atoms with Crippen molar-refractivity contribution in [2.24, 2.45) is 0 Å². The minimum absolute atomic E-state index is 0.00751. The molecule has 0 bridgehead atoms. The number of nitrogens with zero attached hydrogens (tertiary/aromatic N) is 2. The number of benzene rings is 4. The van der Waals surface area contributed by atoms with E-state index in [1.807, 2.05) is 60.7 Å². The predicted octanol–water partition coefficient (Wildman–Crippen LogP) is 5.20. The molecule has 1 N–H and O–H groups in total. The van der Waals surface area contributed by atoms with Crippen LogP contribution < -0.4 is 11.2 Å². The molecule has 1 heterocycles. The van der Waals surface area contributed by atoms with Gasteiger partial charge in [0.05, 0.1) is 29.1 Å². The molecular formula is C29H21ClN2O4. The summed E-state index contributed by atoms with van der Waals surface area (Å²) in [5.74, 6) is -1.04. The number of aromatic carboxylic acids is 1. The molecule has 0 aliphatic carbocycles. The highest BCUT2D eigenvalue weighted by molar-refractivity contribution is 6.31. The lowest BCUT2D eigenvalue weighted by atomic mass is 9.98. The summed E-state index contributed by atoms with van der Waals surface area (Å²) in [6, 6.07) is 29.8. The van der Waals surface area contributed by atoms with Crippen LogP contribution in [-0.4, -0.2) is 20.2 Å². The summed E-state index contributed by atoms with van der Waals surface area (Å²) in [5, 5.41) is 9.96. The van der Waals surface area contributed by atoms with Crippen molar-refractivity contribution in [2.45, 2.75) is 12.6 Å². The summed E-state index contributed by atoms with van der Waals surface area (Å²) >= 11 is 6.33. The monoisotopic (exact) mass is 496 g/mol. The SMILES string of the molecule is O=C(O)c1ccc(Cn2c(=O)c3ccc(Cl)cc3n(C(c3ccccc3)c3ccccc3)c2=O)cc1. The third-order valence-corrected chi connectivity index (χ3v) is 6.40. The van der Waals surface area contributed by atoms with Gasteiger partial charge < -0.3 is 5.11 Å². The van der Waals surface area contributed by atoms with Crippen LogP contribution in [0.5, 0.6) is 0 Å². The molecule has 0 radical (unpaired) electrons. The van der Waals surface area contributed by atoms with Crippen LogP contribution in [0.2, 0.25) is 5.02 Å². The van der Waals surface area contributed by atoms with Crippen molar-refractivity contribution in [3.63, 3.8) is 0 Å². The van der Waals surface area contributed by atoms with E-state index in [-0.39, 0.29) is 12.1 Å². The molecule has 0 saturated carbocycles. The first-order valence-electron chi connectivity index (χ1n) is 11.3. The van der Waals surface area contributed by atoms with Gasteiger partial charge in [0.1, 0.15) is 0 Å². The van der Waals surface area contributed by atoms with Crippen molar-refractivity contribution in [1.82, 2.24) is 9.13 Å². The molecule has 1 aromatic heterocycles. The van der Waals surface area contributed by atoms with Gasteiger partial charge in [-0.05, 0) is 47.0 Å². The third kappa shape index (κ3) is 4.34. The van der Waals surface area contributed by atoms with Crippen LogP contribution in [0.4, 0.5) is 0 Å². The quantitative estimate of drug-likeness (QED) is 0.350. The molecular weight excluding hydrogens is 476 g/mol. The normalized spacial score (nSPS) is 11.2. The Morgan fingerprint density at radius 3 is 1.94 bits per heavy atom. The fourth-order valence-electron chi connectivity index (χ4n) is 4.44. The molecule has 0 spiro atoms. The highest BCUT2D eigenvalue weighted by Gasteiger charge is 2.23. The Morgan fingerprint density at radius 2 is 1.39 bits per heavy atom. The van der Waals surface area contributed by atoms with Crippen molar-refractivity contribution < 1.29 is 9.90 Å². The van der Waals surface area contributed by atoms with Gasteiger partial charge in [0.25, 0.3) is 5.56 Å². The van der Waals surface area contributed by atoms with Gasteiger partial charge in [-0.2, -0.15) is 0 Å². The summed E-state index contributed by atoms with van der Waals surface area (Å²) in [5.41, 5.74) is 2.03. The minimum atomic E-state index is -1.04. The van der Waals surface area contributed by atoms with E-state index in [9.17, 15) is 19.5 Å². The van der Waals surface area contributed by atoms with Crippen LogP contribution >= 0.6 is 11.6 Å². The minimum Gasteiger partial charge on any atom is -0.478 e. The van der Waals surface area contributed by atoms with Gasteiger partial charge in [-0.15, -0.1) is 0 Å². The number of hydrogen-bond acceptors (Lipinski definition) is 3. The Kier molecular flexibility index (Phi) is 6.27. The standard InChI is InChI=1S/C29H21ClN2O4/c30-23-15-16-24-25(17-23)32(26(20-7-3-1-4-8-20)21-9-5-2-6-10-21)29(36)31(27(24)33)18-19-11-13-22(14-12-19)28(34)35/h1-17,26H,18H2,(H,34,35). The number of carbonyl (C=O) groups is 1. The van der Waals surface area contributed by atoms with E-state index >= 15 is 0 Å². The van der Waals surface area contributed by atoms with Gasteiger partial charge in [-0.25, -0.2) is 9.59 Å². The highest BCUT2D eigenvalue weighted by Crippen LogP contribution is 2.29. The van der Waals surface area contributed by atoms with Crippen LogP contribution in [0.15, 0.2) is 113 Å². The summed E-state index contributed by atoms with van der Waals surface area (Å²) in [7, 11) is 0. The Bertz CT molecular complexity index is 1640. The molecule has 5 aromatic rings. The van der Waals surface area contributed by atoms with Gasteiger partial charge in [0, 0.05) is 5.02 Å². The first kappa shape index (κ1) is 23.3. The number of rotatable bonds is 6. The maximum absolute atomic E-state index is 14.1. The molecule has 0 aliphatic heterocycles. The van der Waals surface area contributed by atoms with E-state index in [0.29, 0.717) is 21.5 Å². The number of carboxylic acids is 1. The van der Waals surface area contributed by atoms with Gasteiger partial charge in [-0.3, -0.25) is 13.9 Å². The second-order valence-corrected chi connectivity index (χ2v) is 8.87. The lowest BCUT2D eigenvalue weighted by molar-refractivity contribution is 0.0697. The van der Waals surface area contributed by atoms with E-state index in [4.69, 9.17) is 11.6 Å². The van der Waals surface area contributed by atoms with Crippen LogP contribution in [0, 0.1) is 0 Å². The van der Waals surface area contributed by atoms with Crippen LogP contribution in [-0.2, 0) is 6.54 Å². The Hall–Kier alpha value is -4.42. The number of fused-ring (bicyclic) bond motifs is 1. The zero-order chi connectivity index (χ0) is 25.2. The van der Waals surface area contributed by atoms with Crippen molar-refractivity contribution in [3.8, 4) is 0 Å². The number of carboxylic acid groups (broad SMARTS) is 1. The van der Waals surface area contributed by atoms with Crippen molar-refractivity contribution in [1.29, 1.82) is 0 Å². The highest BCUT2D eigenvalue weighted by atomic mass is 35.5. The largest absolute Gasteiger partial charge is 0.478 e. The Morgan fingerprint density at radius 1 is 0.806 bits per heavy atom. The van der Waals surface area contributed by atoms with Crippen LogP contribution in [0.1, 0.15) is 33.1 Å². The molecule has 5 rings (SSSR count). The average Bonchev–Trinajstić information content (AvgIpc) is 2.90. The van der Waals surface area contributed by atoms with Gasteiger partial charge >= 0.3 is 11.7 Å². The summed E-state index contributed by atoms with van der Waals surface area (Å²) < 4.78 is 2.80. The molecule has 6 nitrogen and oxygen atoms in total. The number of aromatic nitrogens is 2. The molecule has 4 aromatic carbocycles. The van der Waals surface area contributed by atoms with E-state index < -0.39 is 23.3 Å². The van der Waals surface area contributed by atoms with Crippen LogP contribution in [0.25, 0.3) is 10.9 Å². The van der Waals surface area contributed by atoms with E-state index in [1.165, 1.54) is 16.7 Å². The lowest BCUT2D eigenvalue weighted by Crippen LogP contribution is -2.42. The Balaban J connectivity index is 1.79. The fraction of sp³-hybridized carbons (Fsp3) is 0.0690. The molecule has 0 fully saturated rings. The number of halogens is 1. The fourth-order valence-corrected chi connectivity index (χ4v) is 4.60. The summed E-state index contributed by atoms with van der Waals surface area (Å²) in [6.45, 7) is -0.00751. The lowest BCUT2D eigenvalue weighted by Gasteiger charge is -2.24. The molecule has 0 atom stereocenters. The maximum atomic E-state index is 14.1. The summed E-state index contributed by atoms with van der Waals surface area (Å²) in [4.78, 5) is 38.8. The maximum Gasteiger partial charge on any atom is 0.335 e. The van der Waals surface area contributed by atoms with Crippen LogP contribution in [0.3, 0.4) is 0 Å². The third-order valence-electron chi connectivity index (χ3n) is 6.16.